The van der Waals surface area contributed by atoms with Crippen LogP contribution >= 0.6 is 0 Å². The molecule has 1 aliphatic heterocycles. The summed E-state index contributed by atoms with van der Waals surface area (Å²) in [6.45, 7) is 3.63. The lowest BCUT2D eigenvalue weighted by atomic mass is 9.82. The maximum Gasteiger partial charge on any atom is 0.253 e. The van der Waals surface area contributed by atoms with Gasteiger partial charge in [0.1, 0.15) is 0 Å². The lowest BCUT2D eigenvalue weighted by Gasteiger charge is -2.32. The van der Waals surface area contributed by atoms with Gasteiger partial charge in [0.2, 0.25) is 5.91 Å². The molecule has 1 aromatic carbocycles. The molecule has 5 nitrogen and oxygen atoms in total. The van der Waals surface area contributed by atoms with Crippen LogP contribution in [0.1, 0.15) is 30.1 Å². The molecule has 0 radical (unpaired) electrons. The molecule has 1 atom stereocenters. The van der Waals surface area contributed by atoms with Crippen LogP contribution < -0.4 is 10.6 Å². The fourth-order valence-electron chi connectivity index (χ4n) is 2.52. The van der Waals surface area contributed by atoms with Crippen molar-refractivity contribution in [3.8, 4) is 0 Å². The third-order valence-electron chi connectivity index (χ3n) is 3.92. The molecule has 0 saturated carbocycles. The van der Waals surface area contributed by atoms with Gasteiger partial charge in [0, 0.05) is 31.9 Å². The van der Waals surface area contributed by atoms with Crippen LogP contribution in [0.2, 0.25) is 0 Å². The average Bonchev–Trinajstić information content (AvgIpc) is 2.47. The molecule has 0 bridgehead atoms. The Bertz CT molecular complexity index is 534. The Kier molecular flexibility index (Phi) is 4.63. The minimum Gasteiger partial charge on any atom is -0.345 e. The van der Waals surface area contributed by atoms with E-state index in [1.54, 1.807) is 32.3 Å². The van der Waals surface area contributed by atoms with E-state index >= 15 is 0 Å². The first-order valence-electron chi connectivity index (χ1n) is 7.26. The molecule has 2 rings (SSSR count). The number of anilines is 1. The largest absolute Gasteiger partial charge is 0.345 e. The summed E-state index contributed by atoms with van der Waals surface area (Å²) in [5, 5.41) is 6.20. The quantitative estimate of drug-likeness (QED) is 0.890. The molecular weight excluding hydrogens is 266 g/mol. The van der Waals surface area contributed by atoms with E-state index in [-0.39, 0.29) is 17.2 Å². The minimum atomic E-state index is -0.389. The summed E-state index contributed by atoms with van der Waals surface area (Å²) >= 11 is 0. The van der Waals surface area contributed by atoms with E-state index < -0.39 is 0 Å². The summed E-state index contributed by atoms with van der Waals surface area (Å²) in [4.78, 5) is 25.9. The van der Waals surface area contributed by atoms with Crippen molar-refractivity contribution in [1.82, 2.24) is 10.2 Å². The topological polar surface area (TPSA) is 61.4 Å². The molecule has 0 aromatic heterocycles. The highest BCUT2D eigenvalue weighted by Crippen LogP contribution is 2.27. The number of hydrogen-bond acceptors (Lipinski definition) is 3. The summed E-state index contributed by atoms with van der Waals surface area (Å²) < 4.78 is 0. The molecule has 0 spiro atoms. The fourth-order valence-corrected chi connectivity index (χ4v) is 2.52. The Morgan fingerprint density at radius 2 is 2.10 bits per heavy atom. The number of carbonyl (C=O) groups is 2. The SMILES string of the molecule is CN(C)C(=O)c1cccc(NC(=O)C2(C)CCCNC2)c1. The van der Waals surface area contributed by atoms with Crippen molar-refractivity contribution < 1.29 is 9.59 Å². The predicted octanol–water partition coefficient (Wildman–Crippen LogP) is 1.72. The maximum absolute atomic E-state index is 12.5. The molecule has 5 heteroatoms. The highest BCUT2D eigenvalue weighted by atomic mass is 16.2. The number of benzene rings is 1. The zero-order valence-electron chi connectivity index (χ0n) is 12.9. The number of rotatable bonds is 3. The Balaban J connectivity index is 2.11. The molecule has 1 saturated heterocycles. The predicted molar refractivity (Wildman–Crippen MR) is 83.3 cm³/mol. The van der Waals surface area contributed by atoms with Crippen molar-refractivity contribution in [3.63, 3.8) is 0 Å². The fraction of sp³-hybridized carbons (Fsp3) is 0.500. The first-order valence-corrected chi connectivity index (χ1v) is 7.26. The Labute approximate surface area is 125 Å². The van der Waals surface area contributed by atoms with Gasteiger partial charge >= 0.3 is 0 Å². The second-order valence-corrected chi connectivity index (χ2v) is 6.08. The van der Waals surface area contributed by atoms with Gasteiger partial charge in [-0.1, -0.05) is 6.07 Å². The standard InChI is InChI=1S/C16H23N3O2/c1-16(8-5-9-17-11-16)15(21)18-13-7-4-6-12(10-13)14(20)19(2)3/h4,6-7,10,17H,5,8-9,11H2,1-3H3,(H,18,21). The zero-order valence-corrected chi connectivity index (χ0v) is 12.9. The summed E-state index contributed by atoms with van der Waals surface area (Å²) in [5.74, 6) is -0.0687. The van der Waals surface area contributed by atoms with Gasteiger partial charge in [0.05, 0.1) is 5.41 Å². The van der Waals surface area contributed by atoms with E-state index in [2.05, 4.69) is 10.6 Å². The number of hydrogen-bond donors (Lipinski definition) is 2. The third kappa shape index (κ3) is 3.61. The normalized spacial score (nSPS) is 21.7. The van der Waals surface area contributed by atoms with Crippen molar-refractivity contribution in [1.29, 1.82) is 0 Å². The number of piperidine rings is 1. The molecule has 21 heavy (non-hydrogen) atoms. The van der Waals surface area contributed by atoms with Crippen LogP contribution in [0.25, 0.3) is 0 Å². The van der Waals surface area contributed by atoms with Crippen LogP contribution in [0, 0.1) is 5.41 Å². The van der Waals surface area contributed by atoms with Gasteiger partial charge in [-0.25, -0.2) is 0 Å². The lowest BCUT2D eigenvalue weighted by Crippen LogP contribution is -2.46. The molecule has 0 aliphatic carbocycles. The highest BCUT2D eigenvalue weighted by molar-refractivity contribution is 5.98. The number of amides is 2. The number of carbonyl (C=O) groups excluding carboxylic acids is 2. The first kappa shape index (κ1) is 15.5. The van der Waals surface area contributed by atoms with Gasteiger partial charge in [0.15, 0.2) is 0 Å². The van der Waals surface area contributed by atoms with Crippen LogP contribution in [-0.4, -0.2) is 43.9 Å². The first-order chi connectivity index (χ1) is 9.92. The third-order valence-corrected chi connectivity index (χ3v) is 3.92. The van der Waals surface area contributed by atoms with Crippen LogP contribution in [-0.2, 0) is 4.79 Å². The lowest BCUT2D eigenvalue weighted by molar-refractivity contribution is -0.125. The van der Waals surface area contributed by atoms with Crippen molar-refractivity contribution in [2.45, 2.75) is 19.8 Å². The monoisotopic (exact) mass is 289 g/mol. The minimum absolute atomic E-state index is 0.00384. The zero-order chi connectivity index (χ0) is 15.5. The molecule has 1 aliphatic rings. The van der Waals surface area contributed by atoms with Crippen LogP contribution in [0.4, 0.5) is 5.69 Å². The van der Waals surface area contributed by atoms with E-state index in [1.165, 1.54) is 4.90 Å². The number of nitrogens with one attached hydrogen (secondary N) is 2. The molecule has 2 amide bonds. The summed E-state index contributed by atoms with van der Waals surface area (Å²) in [5.41, 5.74) is 0.851. The van der Waals surface area contributed by atoms with Gasteiger partial charge in [-0.05, 0) is 44.5 Å². The summed E-state index contributed by atoms with van der Waals surface area (Å²) in [7, 11) is 3.42. The van der Waals surface area contributed by atoms with Crippen LogP contribution in [0.15, 0.2) is 24.3 Å². The second kappa shape index (κ2) is 6.26. The van der Waals surface area contributed by atoms with Crippen molar-refractivity contribution in [3.05, 3.63) is 29.8 Å². The van der Waals surface area contributed by atoms with E-state index in [4.69, 9.17) is 0 Å². The van der Waals surface area contributed by atoms with Gasteiger partial charge in [-0.2, -0.15) is 0 Å². The van der Waals surface area contributed by atoms with Crippen molar-refractivity contribution in [2.75, 3.05) is 32.5 Å². The second-order valence-electron chi connectivity index (χ2n) is 6.08. The Morgan fingerprint density at radius 3 is 2.71 bits per heavy atom. The van der Waals surface area contributed by atoms with E-state index in [0.29, 0.717) is 17.8 Å². The van der Waals surface area contributed by atoms with Crippen LogP contribution in [0.5, 0.6) is 0 Å². The van der Waals surface area contributed by atoms with Gasteiger partial charge in [0.25, 0.3) is 5.91 Å². The van der Waals surface area contributed by atoms with Gasteiger partial charge < -0.3 is 15.5 Å². The van der Waals surface area contributed by atoms with E-state index in [9.17, 15) is 9.59 Å². The molecule has 2 N–H and O–H groups in total. The van der Waals surface area contributed by atoms with Gasteiger partial charge in [-0.15, -0.1) is 0 Å². The Hall–Kier alpha value is -1.88. The molecule has 1 aromatic rings. The molecule has 114 valence electrons. The van der Waals surface area contributed by atoms with Crippen LogP contribution in [0.3, 0.4) is 0 Å². The van der Waals surface area contributed by atoms with Gasteiger partial charge in [-0.3, -0.25) is 9.59 Å². The van der Waals surface area contributed by atoms with E-state index in [0.717, 1.165) is 19.4 Å². The van der Waals surface area contributed by atoms with E-state index in [1.807, 2.05) is 13.0 Å². The van der Waals surface area contributed by atoms with Crippen molar-refractivity contribution in [2.24, 2.45) is 5.41 Å². The average molecular weight is 289 g/mol. The summed E-state index contributed by atoms with van der Waals surface area (Å²) in [6, 6.07) is 7.07. The maximum atomic E-state index is 12.5. The number of nitrogens with zero attached hydrogens (tertiary/aromatic N) is 1. The smallest absolute Gasteiger partial charge is 0.253 e. The summed E-state index contributed by atoms with van der Waals surface area (Å²) in [6.07, 6.45) is 1.88. The Morgan fingerprint density at radius 1 is 1.33 bits per heavy atom. The molecule has 1 heterocycles. The molecule has 1 unspecified atom stereocenters. The highest BCUT2D eigenvalue weighted by Gasteiger charge is 2.34. The molecular formula is C16H23N3O2. The molecule has 1 fully saturated rings. The van der Waals surface area contributed by atoms with Crippen molar-refractivity contribution >= 4 is 17.5 Å².